The summed E-state index contributed by atoms with van der Waals surface area (Å²) < 4.78 is 0. The summed E-state index contributed by atoms with van der Waals surface area (Å²) in [4.78, 5) is 6.74. The van der Waals surface area contributed by atoms with Crippen molar-refractivity contribution in [1.29, 1.82) is 0 Å². The molecule has 0 spiro atoms. The van der Waals surface area contributed by atoms with Gasteiger partial charge in [-0.1, -0.05) is 36.0 Å². The van der Waals surface area contributed by atoms with Gasteiger partial charge >= 0.3 is 0 Å². The van der Waals surface area contributed by atoms with Crippen LogP contribution in [0, 0.1) is 0 Å². The van der Waals surface area contributed by atoms with E-state index in [1.165, 1.54) is 25.7 Å². The van der Waals surface area contributed by atoms with Crippen LogP contribution in [0.3, 0.4) is 0 Å². The second-order valence-electron chi connectivity index (χ2n) is 5.29. The summed E-state index contributed by atoms with van der Waals surface area (Å²) in [5.41, 5.74) is 0.744. The Kier molecular flexibility index (Phi) is 4.95. The Hall–Kier alpha value is -1.59. The summed E-state index contributed by atoms with van der Waals surface area (Å²) in [6, 6.07) is 5.29. The minimum Gasteiger partial charge on any atom is -0.339 e. The van der Waals surface area contributed by atoms with E-state index in [4.69, 9.17) is 23.2 Å². The van der Waals surface area contributed by atoms with Crippen molar-refractivity contribution in [3.8, 4) is 0 Å². The quantitative estimate of drug-likeness (QED) is 0.904. The lowest BCUT2D eigenvalue weighted by Gasteiger charge is -2.19. The number of anilines is 3. The third-order valence-electron chi connectivity index (χ3n) is 3.63. The molecule has 0 atom stereocenters. The molecule has 1 aliphatic heterocycles. The highest BCUT2D eigenvalue weighted by molar-refractivity contribution is 6.36. The first kappa shape index (κ1) is 15.3. The van der Waals surface area contributed by atoms with Crippen LogP contribution in [0.5, 0.6) is 0 Å². The van der Waals surface area contributed by atoms with Crippen molar-refractivity contribution >= 4 is 40.7 Å². The van der Waals surface area contributed by atoms with Crippen LogP contribution in [-0.2, 0) is 0 Å². The van der Waals surface area contributed by atoms with Gasteiger partial charge in [0.1, 0.15) is 0 Å². The fourth-order valence-corrected chi connectivity index (χ4v) is 2.94. The van der Waals surface area contributed by atoms with E-state index in [1.807, 2.05) is 6.07 Å². The maximum atomic E-state index is 6.17. The molecular formula is C15H17Cl2N5. The largest absolute Gasteiger partial charge is 0.339 e. The van der Waals surface area contributed by atoms with Gasteiger partial charge in [-0.2, -0.15) is 10.1 Å². The Bertz CT molecular complexity index is 642. The lowest BCUT2D eigenvalue weighted by Crippen LogP contribution is -2.26. The van der Waals surface area contributed by atoms with Crippen molar-refractivity contribution in [2.75, 3.05) is 23.3 Å². The summed E-state index contributed by atoms with van der Waals surface area (Å²) >= 11 is 12.1. The number of benzene rings is 1. The molecule has 1 saturated heterocycles. The molecule has 5 nitrogen and oxygen atoms in total. The molecule has 2 aromatic rings. The topological polar surface area (TPSA) is 53.9 Å². The molecule has 1 fully saturated rings. The molecule has 0 radical (unpaired) electrons. The van der Waals surface area contributed by atoms with Gasteiger partial charge in [-0.05, 0) is 31.0 Å². The first-order chi connectivity index (χ1) is 10.7. The SMILES string of the molecule is Clc1ccc(Nc2cnnc(N3CCCCCC3)n2)c(Cl)c1. The highest BCUT2D eigenvalue weighted by Crippen LogP contribution is 2.27. The van der Waals surface area contributed by atoms with Crippen LogP contribution in [0.4, 0.5) is 17.5 Å². The number of nitrogens with zero attached hydrogens (tertiary/aromatic N) is 4. The third kappa shape index (κ3) is 3.78. The molecule has 0 bridgehead atoms. The Morgan fingerprint density at radius 3 is 2.55 bits per heavy atom. The molecule has 0 amide bonds. The number of aromatic nitrogens is 3. The maximum Gasteiger partial charge on any atom is 0.247 e. The van der Waals surface area contributed by atoms with E-state index in [0.717, 1.165) is 18.8 Å². The van der Waals surface area contributed by atoms with Crippen molar-refractivity contribution in [2.24, 2.45) is 0 Å². The molecule has 0 saturated carbocycles. The fourth-order valence-electron chi connectivity index (χ4n) is 2.49. The zero-order valence-corrected chi connectivity index (χ0v) is 13.6. The molecule has 1 aromatic carbocycles. The van der Waals surface area contributed by atoms with Gasteiger partial charge < -0.3 is 10.2 Å². The van der Waals surface area contributed by atoms with E-state index < -0.39 is 0 Å². The van der Waals surface area contributed by atoms with E-state index >= 15 is 0 Å². The normalized spacial score (nSPS) is 15.5. The summed E-state index contributed by atoms with van der Waals surface area (Å²) in [6.45, 7) is 1.96. The van der Waals surface area contributed by atoms with Crippen molar-refractivity contribution < 1.29 is 0 Å². The Morgan fingerprint density at radius 1 is 1.05 bits per heavy atom. The molecule has 22 heavy (non-hydrogen) atoms. The molecule has 7 heteroatoms. The summed E-state index contributed by atoms with van der Waals surface area (Å²) in [6.07, 6.45) is 6.46. The number of nitrogens with one attached hydrogen (secondary N) is 1. The van der Waals surface area contributed by atoms with Gasteiger partial charge in [0.25, 0.3) is 0 Å². The third-order valence-corrected chi connectivity index (χ3v) is 4.18. The zero-order chi connectivity index (χ0) is 15.4. The Balaban J connectivity index is 1.78. The Morgan fingerprint density at radius 2 is 1.82 bits per heavy atom. The van der Waals surface area contributed by atoms with Crippen molar-refractivity contribution in [3.63, 3.8) is 0 Å². The van der Waals surface area contributed by atoms with Crippen molar-refractivity contribution in [3.05, 3.63) is 34.4 Å². The van der Waals surface area contributed by atoms with Crippen molar-refractivity contribution in [2.45, 2.75) is 25.7 Å². The van der Waals surface area contributed by atoms with Crippen LogP contribution in [0.1, 0.15) is 25.7 Å². The average Bonchev–Trinajstić information content (AvgIpc) is 2.80. The molecule has 116 valence electrons. The standard InChI is InChI=1S/C15H17Cl2N5/c16-11-5-6-13(12(17)9-11)19-14-10-18-21-15(20-14)22-7-3-1-2-4-8-22/h5-6,9-10H,1-4,7-8H2,(H,19,20,21). The summed E-state index contributed by atoms with van der Waals surface area (Å²) in [5.74, 6) is 1.29. The molecule has 1 aliphatic rings. The molecule has 0 aliphatic carbocycles. The first-order valence-electron chi connectivity index (χ1n) is 7.39. The van der Waals surface area contributed by atoms with E-state index in [-0.39, 0.29) is 0 Å². The van der Waals surface area contributed by atoms with Gasteiger partial charge in [0.15, 0.2) is 5.82 Å². The Labute approximate surface area is 139 Å². The van der Waals surface area contributed by atoms with Crippen molar-refractivity contribution in [1.82, 2.24) is 15.2 Å². The van der Waals surface area contributed by atoms with Gasteiger partial charge in [-0.3, -0.25) is 0 Å². The second-order valence-corrected chi connectivity index (χ2v) is 6.14. The second kappa shape index (κ2) is 7.11. The molecule has 1 N–H and O–H groups in total. The summed E-state index contributed by atoms with van der Waals surface area (Å²) in [7, 11) is 0. The molecule has 3 rings (SSSR count). The van der Waals surface area contributed by atoms with Crippen LogP contribution < -0.4 is 10.2 Å². The zero-order valence-electron chi connectivity index (χ0n) is 12.1. The maximum absolute atomic E-state index is 6.17. The van der Waals surface area contributed by atoms with Crippen LogP contribution >= 0.6 is 23.2 Å². The molecule has 0 unspecified atom stereocenters. The molecular weight excluding hydrogens is 321 g/mol. The van der Waals surface area contributed by atoms with Gasteiger partial charge in [0.05, 0.1) is 16.9 Å². The minimum atomic E-state index is 0.544. The molecule has 2 heterocycles. The van der Waals surface area contributed by atoms with E-state index in [0.29, 0.717) is 21.8 Å². The number of hydrogen-bond acceptors (Lipinski definition) is 5. The number of rotatable bonds is 3. The monoisotopic (exact) mass is 337 g/mol. The lowest BCUT2D eigenvalue weighted by atomic mass is 10.2. The minimum absolute atomic E-state index is 0.544. The first-order valence-corrected chi connectivity index (χ1v) is 8.15. The van der Waals surface area contributed by atoms with E-state index in [9.17, 15) is 0 Å². The smallest absolute Gasteiger partial charge is 0.247 e. The van der Waals surface area contributed by atoms with Crippen LogP contribution in [-0.4, -0.2) is 28.3 Å². The van der Waals surface area contributed by atoms with Crippen LogP contribution in [0.25, 0.3) is 0 Å². The van der Waals surface area contributed by atoms with E-state index in [1.54, 1.807) is 18.3 Å². The van der Waals surface area contributed by atoms with Crippen LogP contribution in [0.15, 0.2) is 24.4 Å². The van der Waals surface area contributed by atoms with Crippen LogP contribution in [0.2, 0.25) is 10.0 Å². The fraction of sp³-hybridized carbons (Fsp3) is 0.400. The van der Waals surface area contributed by atoms with Gasteiger partial charge in [-0.25, -0.2) is 0 Å². The number of halogens is 2. The van der Waals surface area contributed by atoms with Gasteiger partial charge in [-0.15, -0.1) is 5.10 Å². The highest BCUT2D eigenvalue weighted by Gasteiger charge is 2.13. The van der Waals surface area contributed by atoms with Gasteiger partial charge in [0, 0.05) is 18.1 Å². The number of hydrogen-bond donors (Lipinski definition) is 1. The van der Waals surface area contributed by atoms with Gasteiger partial charge in [0.2, 0.25) is 5.95 Å². The lowest BCUT2D eigenvalue weighted by molar-refractivity contribution is 0.726. The predicted molar refractivity (Wildman–Crippen MR) is 90.3 cm³/mol. The summed E-state index contributed by atoms with van der Waals surface area (Å²) in [5, 5.41) is 12.5. The van der Waals surface area contributed by atoms with E-state index in [2.05, 4.69) is 25.4 Å². The average molecular weight is 338 g/mol. The molecule has 1 aromatic heterocycles. The highest BCUT2D eigenvalue weighted by atomic mass is 35.5. The predicted octanol–water partition coefficient (Wildman–Crippen LogP) is 4.30.